The predicted molar refractivity (Wildman–Crippen MR) is 110 cm³/mol. The molecule has 9 heteroatoms. The third-order valence-electron chi connectivity index (χ3n) is 5.04. The van der Waals surface area contributed by atoms with Crippen LogP contribution in [0.25, 0.3) is 11.3 Å². The molecule has 0 aliphatic heterocycles. The number of nitrogens with two attached hydrogens (primary N) is 2. The molecule has 0 aromatic carbocycles. The van der Waals surface area contributed by atoms with Crippen molar-refractivity contribution in [3.8, 4) is 11.3 Å². The molecule has 0 saturated heterocycles. The van der Waals surface area contributed by atoms with E-state index in [1.165, 1.54) is 0 Å². The second kappa shape index (κ2) is 8.27. The number of hydrogen-bond donors (Lipinski definition) is 4. The summed E-state index contributed by atoms with van der Waals surface area (Å²) in [5.74, 6) is -0.269. The van der Waals surface area contributed by atoms with Gasteiger partial charge in [-0.1, -0.05) is 18.0 Å². The summed E-state index contributed by atoms with van der Waals surface area (Å²) in [5.41, 5.74) is 14.5. The first-order valence-corrected chi connectivity index (χ1v) is 9.56. The van der Waals surface area contributed by atoms with E-state index in [9.17, 15) is 4.79 Å². The fourth-order valence-electron chi connectivity index (χ4n) is 3.51. The summed E-state index contributed by atoms with van der Waals surface area (Å²) < 4.78 is 5.36. The maximum atomic E-state index is 11.8. The number of carbonyl (C=O) groups excluding carboxylic acids is 1. The van der Waals surface area contributed by atoms with Crippen LogP contribution < -0.4 is 22.1 Å². The highest BCUT2D eigenvalue weighted by Crippen LogP contribution is 2.28. The van der Waals surface area contributed by atoms with Crippen molar-refractivity contribution in [3.63, 3.8) is 0 Å². The molecule has 6 N–H and O–H groups in total. The molecule has 0 bridgehead atoms. The molecule has 0 unspecified atom stereocenters. The van der Waals surface area contributed by atoms with Gasteiger partial charge in [0.05, 0.1) is 17.6 Å². The molecule has 4 rings (SSSR count). The molecular weight excluding hydrogens is 370 g/mol. The standard InChI is InChI=1S/C20H23N7O2/c21-14-3-1-2-4-15(14)25-13-9-17(19(20(22)28)24-11-13)26-18-10-16(27-29-18)12-5-7-23-8-6-12/h5-11,14-15,25-26H,1-4,21H2,(H2,22,28)/t14-,15+/m0/s1. The van der Waals surface area contributed by atoms with Crippen molar-refractivity contribution >= 4 is 23.2 Å². The van der Waals surface area contributed by atoms with Crippen molar-refractivity contribution in [2.45, 2.75) is 37.8 Å². The smallest absolute Gasteiger partial charge is 0.269 e. The summed E-state index contributed by atoms with van der Waals surface area (Å²) in [6.07, 6.45) is 9.23. The molecule has 1 saturated carbocycles. The molecule has 3 heterocycles. The average molecular weight is 393 g/mol. The van der Waals surface area contributed by atoms with E-state index in [2.05, 4.69) is 25.8 Å². The predicted octanol–water partition coefficient (Wildman–Crippen LogP) is 2.66. The Kier molecular flexibility index (Phi) is 5.39. The molecule has 3 aromatic heterocycles. The van der Waals surface area contributed by atoms with E-state index in [-0.39, 0.29) is 17.8 Å². The summed E-state index contributed by atoms with van der Waals surface area (Å²) >= 11 is 0. The lowest BCUT2D eigenvalue weighted by Crippen LogP contribution is -2.42. The molecule has 1 amide bonds. The van der Waals surface area contributed by atoms with Gasteiger partial charge >= 0.3 is 0 Å². The van der Waals surface area contributed by atoms with Crippen LogP contribution in [-0.2, 0) is 0 Å². The highest BCUT2D eigenvalue weighted by atomic mass is 16.5. The van der Waals surface area contributed by atoms with Crippen LogP contribution in [0.4, 0.5) is 17.3 Å². The van der Waals surface area contributed by atoms with Crippen LogP contribution in [0.3, 0.4) is 0 Å². The van der Waals surface area contributed by atoms with Gasteiger partial charge in [-0.3, -0.25) is 9.78 Å². The number of aromatic nitrogens is 3. The fourth-order valence-corrected chi connectivity index (χ4v) is 3.51. The van der Waals surface area contributed by atoms with Gasteiger partial charge in [0, 0.05) is 36.1 Å². The van der Waals surface area contributed by atoms with Crippen molar-refractivity contribution in [2.24, 2.45) is 11.5 Å². The van der Waals surface area contributed by atoms with Gasteiger partial charge in [-0.05, 0) is 31.0 Å². The van der Waals surface area contributed by atoms with Crippen LogP contribution in [0, 0.1) is 0 Å². The number of anilines is 3. The molecule has 3 aromatic rings. The minimum absolute atomic E-state index is 0.0909. The molecular formula is C20H23N7O2. The molecule has 1 aliphatic rings. The number of carbonyl (C=O) groups is 1. The zero-order valence-corrected chi connectivity index (χ0v) is 15.8. The van der Waals surface area contributed by atoms with E-state index in [0.29, 0.717) is 17.3 Å². The van der Waals surface area contributed by atoms with Crippen LogP contribution in [-0.4, -0.2) is 33.1 Å². The highest BCUT2D eigenvalue weighted by Gasteiger charge is 2.22. The number of nitrogens with one attached hydrogen (secondary N) is 2. The van der Waals surface area contributed by atoms with Gasteiger partial charge in [-0.25, -0.2) is 4.98 Å². The zero-order chi connectivity index (χ0) is 20.2. The second-order valence-electron chi connectivity index (χ2n) is 7.12. The van der Waals surface area contributed by atoms with Crippen molar-refractivity contribution in [1.29, 1.82) is 0 Å². The van der Waals surface area contributed by atoms with Gasteiger partial charge in [-0.2, -0.15) is 0 Å². The number of pyridine rings is 2. The largest absolute Gasteiger partial charge is 0.379 e. The normalized spacial score (nSPS) is 18.9. The van der Waals surface area contributed by atoms with Crippen molar-refractivity contribution in [1.82, 2.24) is 15.1 Å². The lowest BCUT2D eigenvalue weighted by atomic mass is 9.91. The fraction of sp³-hybridized carbons (Fsp3) is 0.300. The summed E-state index contributed by atoms with van der Waals surface area (Å²) in [6.45, 7) is 0. The van der Waals surface area contributed by atoms with E-state index in [0.717, 1.165) is 36.9 Å². The quantitative estimate of drug-likeness (QED) is 0.500. The SMILES string of the molecule is NC(=O)c1ncc(N[C@@H]2CCCC[C@@H]2N)cc1Nc1cc(-c2ccncc2)no1. The lowest BCUT2D eigenvalue weighted by Gasteiger charge is -2.30. The van der Waals surface area contributed by atoms with Crippen LogP contribution in [0.2, 0.25) is 0 Å². The number of primary amides is 1. The Morgan fingerprint density at radius 1 is 1.17 bits per heavy atom. The molecule has 1 aliphatic carbocycles. The van der Waals surface area contributed by atoms with Gasteiger partial charge in [0.1, 0.15) is 5.69 Å². The average Bonchev–Trinajstić information content (AvgIpc) is 3.19. The Bertz CT molecular complexity index is 990. The zero-order valence-electron chi connectivity index (χ0n) is 15.8. The molecule has 150 valence electrons. The number of rotatable bonds is 6. The van der Waals surface area contributed by atoms with E-state index < -0.39 is 5.91 Å². The van der Waals surface area contributed by atoms with Crippen LogP contribution in [0.5, 0.6) is 0 Å². The summed E-state index contributed by atoms with van der Waals surface area (Å²) in [6, 6.07) is 7.43. The van der Waals surface area contributed by atoms with Gasteiger partial charge in [0.2, 0.25) is 5.88 Å². The molecule has 0 radical (unpaired) electrons. The maximum absolute atomic E-state index is 11.8. The topological polar surface area (TPSA) is 145 Å². The maximum Gasteiger partial charge on any atom is 0.269 e. The first-order valence-electron chi connectivity index (χ1n) is 9.56. The number of amides is 1. The lowest BCUT2D eigenvalue weighted by molar-refractivity contribution is 0.0996. The van der Waals surface area contributed by atoms with E-state index in [1.54, 1.807) is 30.7 Å². The summed E-state index contributed by atoms with van der Waals surface area (Å²) in [7, 11) is 0. The summed E-state index contributed by atoms with van der Waals surface area (Å²) in [4.78, 5) is 20.0. The van der Waals surface area contributed by atoms with Gasteiger partial charge in [0.15, 0.2) is 5.69 Å². The van der Waals surface area contributed by atoms with Crippen molar-refractivity contribution in [2.75, 3.05) is 10.6 Å². The van der Waals surface area contributed by atoms with E-state index in [4.69, 9.17) is 16.0 Å². The van der Waals surface area contributed by atoms with Crippen molar-refractivity contribution < 1.29 is 9.32 Å². The van der Waals surface area contributed by atoms with Gasteiger partial charge in [-0.15, -0.1) is 0 Å². The molecule has 2 atom stereocenters. The minimum Gasteiger partial charge on any atom is -0.379 e. The molecule has 0 spiro atoms. The Morgan fingerprint density at radius 3 is 2.72 bits per heavy atom. The van der Waals surface area contributed by atoms with Crippen LogP contribution in [0.15, 0.2) is 47.4 Å². The highest BCUT2D eigenvalue weighted by molar-refractivity contribution is 5.97. The van der Waals surface area contributed by atoms with Crippen LogP contribution >= 0.6 is 0 Å². The monoisotopic (exact) mass is 393 g/mol. The van der Waals surface area contributed by atoms with E-state index in [1.807, 2.05) is 12.1 Å². The van der Waals surface area contributed by atoms with Gasteiger partial charge < -0.3 is 26.6 Å². The number of hydrogen-bond acceptors (Lipinski definition) is 8. The van der Waals surface area contributed by atoms with Crippen molar-refractivity contribution in [3.05, 3.63) is 48.5 Å². The second-order valence-corrected chi connectivity index (χ2v) is 7.12. The van der Waals surface area contributed by atoms with Crippen LogP contribution in [0.1, 0.15) is 36.2 Å². The number of nitrogens with zero attached hydrogens (tertiary/aromatic N) is 3. The van der Waals surface area contributed by atoms with E-state index >= 15 is 0 Å². The Morgan fingerprint density at radius 2 is 1.97 bits per heavy atom. The first-order chi connectivity index (χ1) is 14.1. The Hall–Kier alpha value is -3.46. The molecule has 29 heavy (non-hydrogen) atoms. The Balaban J connectivity index is 1.57. The first kappa shape index (κ1) is 18.9. The minimum atomic E-state index is -0.637. The third-order valence-corrected chi connectivity index (χ3v) is 5.04. The Labute approximate surface area is 167 Å². The molecule has 9 nitrogen and oxygen atoms in total. The summed E-state index contributed by atoms with van der Waals surface area (Å²) in [5, 5.41) is 10.5. The third kappa shape index (κ3) is 4.35. The molecule has 1 fully saturated rings. The van der Waals surface area contributed by atoms with Gasteiger partial charge in [0.25, 0.3) is 5.91 Å².